The molecule has 1 heterocycles. The van der Waals surface area contributed by atoms with Crippen LogP contribution in [0.25, 0.3) is 0 Å². The SMILES string of the molecule is COc1ccc(OC)c(NC(=O)C2(C)CCNC2)c1. The third-order valence-electron chi connectivity index (χ3n) is 3.57. The fourth-order valence-electron chi connectivity index (χ4n) is 2.20. The summed E-state index contributed by atoms with van der Waals surface area (Å²) in [6.45, 7) is 3.54. The monoisotopic (exact) mass is 264 g/mol. The number of hydrogen-bond donors (Lipinski definition) is 2. The first kappa shape index (κ1) is 13.7. The lowest BCUT2D eigenvalue weighted by Gasteiger charge is -2.22. The number of amides is 1. The van der Waals surface area contributed by atoms with E-state index in [1.54, 1.807) is 32.4 Å². The second kappa shape index (κ2) is 5.48. The number of hydrogen-bond acceptors (Lipinski definition) is 4. The van der Waals surface area contributed by atoms with Gasteiger partial charge in [0, 0.05) is 12.6 Å². The molecule has 0 spiro atoms. The van der Waals surface area contributed by atoms with Gasteiger partial charge in [-0.15, -0.1) is 0 Å². The Balaban J connectivity index is 2.19. The van der Waals surface area contributed by atoms with E-state index in [1.807, 2.05) is 6.92 Å². The summed E-state index contributed by atoms with van der Waals surface area (Å²) >= 11 is 0. The Morgan fingerprint density at radius 3 is 2.74 bits per heavy atom. The second-order valence-electron chi connectivity index (χ2n) is 5.01. The molecule has 1 atom stereocenters. The molecule has 104 valence electrons. The van der Waals surface area contributed by atoms with Gasteiger partial charge >= 0.3 is 0 Å². The molecule has 1 fully saturated rings. The molecule has 19 heavy (non-hydrogen) atoms. The molecule has 2 rings (SSSR count). The maximum atomic E-state index is 12.4. The van der Waals surface area contributed by atoms with Gasteiger partial charge in [0.1, 0.15) is 11.5 Å². The van der Waals surface area contributed by atoms with E-state index in [0.717, 1.165) is 13.0 Å². The molecule has 0 radical (unpaired) electrons. The first-order chi connectivity index (χ1) is 9.09. The van der Waals surface area contributed by atoms with Gasteiger partial charge in [0.2, 0.25) is 5.91 Å². The Bertz CT molecular complexity index is 468. The molecular weight excluding hydrogens is 244 g/mol. The molecule has 0 aromatic heterocycles. The highest BCUT2D eigenvalue weighted by Crippen LogP contribution is 2.32. The van der Waals surface area contributed by atoms with Gasteiger partial charge in [-0.05, 0) is 32.0 Å². The summed E-state index contributed by atoms with van der Waals surface area (Å²) in [5, 5.41) is 6.15. The van der Waals surface area contributed by atoms with Crippen molar-refractivity contribution in [1.29, 1.82) is 0 Å². The van der Waals surface area contributed by atoms with E-state index in [4.69, 9.17) is 9.47 Å². The lowest BCUT2D eigenvalue weighted by Crippen LogP contribution is -2.35. The largest absolute Gasteiger partial charge is 0.497 e. The Morgan fingerprint density at radius 2 is 2.16 bits per heavy atom. The van der Waals surface area contributed by atoms with Crippen molar-refractivity contribution in [2.45, 2.75) is 13.3 Å². The van der Waals surface area contributed by atoms with Crippen LogP contribution < -0.4 is 20.1 Å². The Labute approximate surface area is 113 Å². The van der Waals surface area contributed by atoms with E-state index >= 15 is 0 Å². The molecule has 1 aromatic carbocycles. The topological polar surface area (TPSA) is 59.6 Å². The van der Waals surface area contributed by atoms with Crippen molar-refractivity contribution in [1.82, 2.24) is 5.32 Å². The van der Waals surface area contributed by atoms with Crippen molar-refractivity contribution in [3.8, 4) is 11.5 Å². The van der Waals surface area contributed by atoms with Crippen LogP contribution in [-0.4, -0.2) is 33.2 Å². The Hall–Kier alpha value is -1.75. The first-order valence-electron chi connectivity index (χ1n) is 6.33. The number of carbonyl (C=O) groups excluding carboxylic acids is 1. The van der Waals surface area contributed by atoms with Gasteiger partial charge < -0.3 is 20.1 Å². The summed E-state index contributed by atoms with van der Waals surface area (Å²) in [6.07, 6.45) is 0.838. The lowest BCUT2D eigenvalue weighted by molar-refractivity contribution is -0.123. The molecule has 1 saturated heterocycles. The van der Waals surface area contributed by atoms with E-state index in [2.05, 4.69) is 10.6 Å². The quantitative estimate of drug-likeness (QED) is 0.868. The van der Waals surface area contributed by atoms with Gasteiger partial charge in [0.05, 0.1) is 25.3 Å². The molecule has 0 bridgehead atoms. The second-order valence-corrected chi connectivity index (χ2v) is 5.01. The Kier molecular flexibility index (Phi) is 3.95. The minimum atomic E-state index is -0.367. The average molecular weight is 264 g/mol. The van der Waals surface area contributed by atoms with Crippen molar-refractivity contribution < 1.29 is 14.3 Å². The van der Waals surface area contributed by atoms with Crippen molar-refractivity contribution in [2.75, 3.05) is 32.6 Å². The van der Waals surface area contributed by atoms with E-state index < -0.39 is 0 Å². The van der Waals surface area contributed by atoms with E-state index in [9.17, 15) is 4.79 Å². The fourth-order valence-corrected chi connectivity index (χ4v) is 2.20. The molecule has 2 N–H and O–H groups in total. The van der Waals surface area contributed by atoms with Crippen LogP contribution in [0.15, 0.2) is 18.2 Å². The standard InChI is InChI=1S/C14H20N2O3/c1-14(6-7-15-9-14)13(17)16-11-8-10(18-2)4-5-12(11)19-3/h4-5,8,15H,6-7,9H2,1-3H3,(H,16,17). The minimum absolute atomic E-state index is 0.00375. The number of benzene rings is 1. The highest BCUT2D eigenvalue weighted by Gasteiger charge is 2.36. The molecule has 1 aliphatic heterocycles. The molecule has 1 unspecified atom stereocenters. The van der Waals surface area contributed by atoms with E-state index in [-0.39, 0.29) is 11.3 Å². The number of nitrogens with one attached hydrogen (secondary N) is 2. The summed E-state index contributed by atoms with van der Waals surface area (Å²) in [4.78, 5) is 12.4. The maximum Gasteiger partial charge on any atom is 0.231 e. The van der Waals surface area contributed by atoms with Gasteiger partial charge in [0.25, 0.3) is 0 Å². The summed E-state index contributed by atoms with van der Waals surface area (Å²) < 4.78 is 10.4. The third-order valence-corrected chi connectivity index (χ3v) is 3.57. The fraction of sp³-hybridized carbons (Fsp3) is 0.500. The number of ether oxygens (including phenoxy) is 2. The molecule has 1 aromatic rings. The highest BCUT2D eigenvalue weighted by molar-refractivity contribution is 5.96. The number of carbonyl (C=O) groups is 1. The van der Waals surface area contributed by atoms with Crippen LogP contribution in [-0.2, 0) is 4.79 Å². The number of methoxy groups -OCH3 is 2. The van der Waals surface area contributed by atoms with Crippen molar-refractivity contribution >= 4 is 11.6 Å². The van der Waals surface area contributed by atoms with Crippen LogP contribution in [0, 0.1) is 5.41 Å². The first-order valence-corrected chi connectivity index (χ1v) is 6.33. The molecule has 5 heteroatoms. The van der Waals surface area contributed by atoms with Crippen LogP contribution in [0.2, 0.25) is 0 Å². The number of anilines is 1. The number of rotatable bonds is 4. The van der Waals surface area contributed by atoms with Gasteiger partial charge in [0.15, 0.2) is 0 Å². The highest BCUT2D eigenvalue weighted by atomic mass is 16.5. The average Bonchev–Trinajstić information content (AvgIpc) is 2.87. The van der Waals surface area contributed by atoms with Crippen LogP contribution in [0.4, 0.5) is 5.69 Å². The molecular formula is C14H20N2O3. The van der Waals surface area contributed by atoms with Crippen LogP contribution in [0.3, 0.4) is 0 Å². The van der Waals surface area contributed by atoms with Crippen LogP contribution >= 0.6 is 0 Å². The van der Waals surface area contributed by atoms with Crippen molar-refractivity contribution in [2.24, 2.45) is 5.41 Å². The van der Waals surface area contributed by atoms with E-state index in [0.29, 0.717) is 23.7 Å². The molecule has 0 aliphatic carbocycles. The van der Waals surface area contributed by atoms with Crippen LogP contribution in [0.1, 0.15) is 13.3 Å². The van der Waals surface area contributed by atoms with Gasteiger partial charge in [-0.1, -0.05) is 0 Å². The predicted octanol–water partition coefficient (Wildman–Crippen LogP) is 1.64. The summed E-state index contributed by atoms with van der Waals surface area (Å²) in [6, 6.07) is 5.35. The summed E-state index contributed by atoms with van der Waals surface area (Å²) in [7, 11) is 3.17. The normalized spacial score (nSPS) is 22.1. The zero-order valence-corrected chi connectivity index (χ0v) is 11.6. The summed E-state index contributed by atoms with van der Waals surface area (Å²) in [5.41, 5.74) is 0.272. The van der Waals surface area contributed by atoms with Crippen molar-refractivity contribution in [3.05, 3.63) is 18.2 Å². The van der Waals surface area contributed by atoms with E-state index in [1.165, 1.54) is 0 Å². The van der Waals surface area contributed by atoms with Gasteiger partial charge in [-0.2, -0.15) is 0 Å². The molecule has 1 aliphatic rings. The Morgan fingerprint density at radius 1 is 1.37 bits per heavy atom. The van der Waals surface area contributed by atoms with Gasteiger partial charge in [-0.25, -0.2) is 0 Å². The lowest BCUT2D eigenvalue weighted by atomic mass is 9.88. The third kappa shape index (κ3) is 2.81. The van der Waals surface area contributed by atoms with Gasteiger partial charge in [-0.3, -0.25) is 4.79 Å². The maximum absolute atomic E-state index is 12.4. The minimum Gasteiger partial charge on any atom is -0.497 e. The van der Waals surface area contributed by atoms with Crippen LogP contribution in [0.5, 0.6) is 11.5 Å². The van der Waals surface area contributed by atoms with Crippen molar-refractivity contribution in [3.63, 3.8) is 0 Å². The zero-order chi connectivity index (χ0) is 13.9. The predicted molar refractivity (Wildman–Crippen MR) is 73.8 cm³/mol. The molecule has 5 nitrogen and oxygen atoms in total. The molecule has 1 amide bonds. The molecule has 0 saturated carbocycles. The smallest absolute Gasteiger partial charge is 0.231 e. The summed E-state index contributed by atoms with van der Waals surface area (Å²) in [5.74, 6) is 1.32. The zero-order valence-electron chi connectivity index (χ0n) is 11.6.